The predicted octanol–water partition coefficient (Wildman–Crippen LogP) is 1.88. The number of nitro benzene ring substituents is 1. The summed E-state index contributed by atoms with van der Waals surface area (Å²) in [5.41, 5.74) is 8.38. The second-order valence-corrected chi connectivity index (χ2v) is 3.46. The quantitative estimate of drug-likeness (QED) is 0.593. The fourth-order valence-electron chi connectivity index (χ4n) is 1.54. The molecule has 0 aliphatic rings. The van der Waals surface area contributed by atoms with Crippen molar-refractivity contribution in [2.24, 2.45) is 0 Å². The topological polar surface area (TPSA) is 97.8 Å². The van der Waals surface area contributed by atoms with Crippen LogP contribution in [-0.4, -0.2) is 15.1 Å². The van der Waals surface area contributed by atoms with Gasteiger partial charge in [-0.2, -0.15) is 5.10 Å². The Kier molecular flexibility index (Phi) is 2.32. The molecule has 0 aliphatic carbocycles. The fraction of sp³-hybridized carbons (Fsp3) is 0.100. The maximum atomic E-state index is 10.6. The number of nitrogens with one attached hydrogen (secondary N) is 1. The minimum absolute atomic E-state index is 0.0989. The lowest BCUT2D eigenvalue weighted by atomic mass is 10.1. The highest BCUT2D eigenvalue weighted by molar-refractivity contribution is 5.73. The van der Waals surface area contributed by atoms with Crippen molar-refractivity contribution in [1.29, 1.82) is 0 Å². The van der Waals surface area contributed by atoms with Gasteiger partial charge in [0.05, 0.1) is 22.5 Å². The SMILES string of the molecule is Cc1cc(-c2[nH]ncc2N)ccc1[N+](=O)[O-]. The summed E-state index contributed by atoms with van der Waals surface area (Å²) in [6.07, 6.45) is 1.51. The van der Waals surface area contributed by atoms with Crippen molar-refractivity contribution in [2.45, 2.75) is 6.92 Å². The number of hydrogen-bond donors (Lipinski definition) is 2. The van der Waals surface area contributed by atoms with E-state index in [1.807, 2.05) is 0 Å². The number of benzene rings is 1. The van der Waals surface area contributed by atoms with E-state index < -0.39 is 4.92 Å². The lowest BCUT2D eigenvalue weighted by Gasteiger charge is -2.02. The van der Waals surface area contributed by atoms with Crippen LogP contribution in [-0.2, 0) is 0 Å². The van der Waals surface area contributed by atoms with Crippen molar-refractivity contribution in [2.75, 3.05) is 5.73 Å². The molecule has 0 aliphatic heterocycles. The molecule has 0 saturated carbocycles. The normalized spacial score (nSPS) is 10.3. The number of nitrogen functional groups attached to an aromatic ring is 1. The van der Waals surface area contributed by atoms with Crippen molar-refractivity contribution < 1.29 is 4.92 Å². The molecule has 0 bridgehead atoms. The first-order valence-electron chi connectivity index (χ1n) is 4.64. The standard InChI is InChI=1S/C10H10N4O2/c1-6-4-7(2-3-9(6)14(15)16)10-8(11)5-12-13-10/h2-5H,11H2,1H3,(H,12,13). The van der Waals surface area contributed by atoms with Gasteiger partial charge in [0.1, 0.15) is 0 Å². The number of nitro groups is 1. The molecule has 0 spiro atoms. The van der Waals surface area contributed by atoms with Crippen LogP contribution in [0, 0.1) is 17.0 Å². The monoisotopic (exact) mass is 218 g/mol. The molecule has 2 aromatic rings. The minimum atomic E-state index is -0.407. The van der Waals surface area contributed by atoms with E-state index in [1.165, 1.54) is 12.3 Å². The van der Waals surface area contributed by atoms with Gasteiger partial charge in [-0.1, -0.05) is 0 Å². The van der Waals surface area contributed by atoms with E-state index in [9.17, 15) is 10.1 Å². The van der Waals surface area contributed by atoms with Crippen molar-refractivity contribution in [1.82, 2.24) is 10.2 Å². The number of hydrogen-bond acceptors (Lipinski definition) is 4. The number of nitrogens with zero attached hydrogens (tertiary/aromatic N) is 2. The van der Waals surface area contributed by atoms with E-state index in [0.717, 1.165) is 5.56 Å². The molecule has 6 nitrogen and oxygen atoms in total. The largest absolute Gasteiger partial charge is 0.396 e. The van der Waals surface area contributed by atoms with Crippen LogP contribution >= 0.6 is 0 Å². The van der Waals surface area contributed by atoms with Crippen molar-refractivity contribution >= 4 is 11.4 Å². The average Bonchev–Trinajstić information content (AvgIpc) is 2.63. The first-order chi connectivity index (χ1) is 7.59. The maximum absolute atomic E-state index is 10.6. The van der Waals surface area contributed by atoms with Gasteiger partial charge in [-0.05, 0) is 19.1 Å². The third-order valence-electron chi connectivity index (χ3n) is 2.35. The summed E-state index contributed by atoms with van der Waals surface area (Å²) in [5.74, 6) is 0. The number of rotatable bonds is 2. The fourth-order valence-corrected chi connectivity index (χ4v) is 1.54. The maximum Gasteiger partial charge on any atom is 0.272 e. The average molecular weight is 218 g/mol. The van der Waals surface area contributed by atoms with Crippen LogP contribution in [0.5, 0.6) is 0 Å². The van der Waals surface area contributed by atoms with Crippen molar-refractivity contribution in [3.8, 4) is 11.3 Å². The Morgan fingerprint density at radius 3 is 2.75 bits per heavy atom. The highest BCUT2D eigenvalue weighted by atomic mass is 16.6. The molecule has 3 N–H and O–H groups in total. The molecule has 1 aromatic heterocycles. The molecule has 1 heterocycles. The molecule has 16 heavy (non-hydrogen) atoms. The predicted molar refractivity (Wildman–Crippen MR) is 59.8 cm³/mol. The lowest BCUT2D eigenvalue weighted by molar-refractivity contribution is -0.385. The Morgan fingerprint density at radius 2 is 2.25 bits per heavy atom. The molecule has 82 valence electrons. The van der Waals surface area contributed by atoms with Crippen LogP contribution in [0.25, 0.3) is 11.3 Å². The van der Waals surface area contributed by atoms with E-state index in [2.05, 4.69) is 10.2 Å². The Labute approximate surface area is 91.2 Å². The Hall–Kier alpha value is -2.37. The van der Waals surface area contributed by atoms with E-state index in [4.69, 9.17) is 5.73 Å². The van der Waals surface area contributed by atoms with Gasteiger partial charge in [0.25, 0.3) is 5.69 Å². The highest BCUT2D eigenvalue weighted by Gasteiger charge is 2.12. The van der Waals surface area contributed by atoms with Gasteiger partial charge in [0, 0.05) is 17.2 Å². The summed E-state index contributed by atoms with van der Waals surface area (Å²) in [6, 6.07) is 4.82. The minimum Gasteiger partial charge on any atom is -0.396 e. The van der Waals surface area contributed by atoms with Crippen LogP contribution in [0.15, 0.2) is 24.4 Å². The molecule has 0 unspecified atom stereocenters. The van der Waals surface area contributed by atoms with Crippen LogP contribution < -0.4 is 5.73 Å². The highest BCUT2D eigenvalue weighted by Crippen LogP contribution is 2.27. The molecule has 1 aromatic carbocycles. The zero-order chi connectivity index (χ0) is 11.7. The third kappa shape index (κ3) is 1.60. The number of aromatic nitrogens is 2. The Morgan fingerprint density at radius 1 is 1.50 bits per heavy atom. The van der Waals surface area contributed by atoms with Crippen LogP contribution in [0.3, 0.4) is 0 Å². The molecular weight excluding hydrogens is 208 g/mol. The van der Waals surface area contributed by atoms with E-state index in [0.29, 0.717) is 16.9 Å². The van der Waals surface area contributed by atoms with Crippen molar-refractivity contribution in [3.05, 3.63) is 40.1 Å². The molecule has 0 atom stereocenters. The zero-order valence-electron chi connectivity index (χ0n) is 8.60. The molecule has 0 radical (unpaired) electrons. The second kappa shape index (κ2) is 3.65. The van der Waals surface area contributed by atoms with E-state index in [-0.39, 0.29) is 5.69 Å². The summed E-state index contributed by atoms with van der Waals surface area (Å²) in [5, 5.41) is 17.2. The lowest BCUT2D eigenvalue weighted by Crippen LogP contribution is -1.93. The summed E-state index contributed by atoms with van der Waals surface area (Å²) in [6.45, 7) is 1.69. The third-order valence-corrected chi connectivity index (χ3v) is 2.35. The first-order valence-corrected chi connectivity index (χ1v) is 4.64. The van der Waals surface area contributed by atoms with Crippen LogP contribution in [0.1, 0.15) is 5.56 Å². The first kappa shape index (κ1) is 10.2. The summed E-state index contributed by atoms with van der Waals surface area (Å²) in [4.78, 5) is 10.2. The van der Waals surface area contributed by atoms with Gasteiger partial charge >= 0.3 is 0 Å². The van der Waals surface area contributed by atoms with Crippen LogP contribution in [0.4, 0.5) is 11.4 Å². The molecule has 2 rings (SSSR count). The van der Waals surface area contributed by atoms with Crippen molar-refractivity contribution in [3.63, 3.8) is 0 Å². The smallest absolute Gasteiger partial charge is 0.272 e. The molecular formula is C10H10N4O2. The number of H-pyrrole nitrogens is 1. The molecule has 6 heteroatoms. The van der Waals surface area contributed by atoms with E-state index in [1.54, 1.807) is 19.1 Å². The summed E-state index contributed by atoms with van der Waals surface area (Å²) in [7, 11) is 0. The number of aryl methyl sites for hydroxylation is 1. The van der Waals surface area contributed by atoms with Gasteiger partial charge in [0.15, 0.2) is 0 Å². The Bertz CT molecular complexity index is 548. The Balaban J connectivity index is 2.50. The summed E-state index contributed by atoms with van der Waals surface area (Å²) >= 11 is 0. The molecule has 0 saturated heterocycles. The molecule has 0 amide bonds. The summed E-state index contributed by atoms with van der Waals surface area (Å²) < 4.78 is 0. The number of aromatic amines is 1. The van der Waals surface area contributed by atoms with Gasteiger partial charge in [-0.15, -0.1) is 0 Å². The van der Waals surface area contributed by atoms with Gasteiger partial charge in [-0.25, -0.2) is 0 Å². The van der Waals surface area contributed by atoms with Crippen LogP contribution in [0.2, 0.25) is 0 Å². The van der Waals surface area contributed by atoms with Gasteiger partial charge < -0.3 is 5.73 Å². The van der Waals surface area contributed by atoms with Gasteiger partial charge in [-0.3, -0.25) is 15.2 Å². The molecule has 0 fully saturated rings. The van der Waals surface area contributed by atoms with Gasteiger partial charge in [0.2, 0.25) is 0 Å². The second-order valence-electron chi connectivity index (χ2n) is 3.46. The number of anilines is 1. The number of nitrogens with two attached hydrogens (primary N) is 1. The van der Waals surface area contributed by atoms with E-state index >= 15 is 0 Å². The zero-order valence-corrected chi connectivity index (χ0v) is 8.60.